The van der Waals surface area contributed by atoms with E-state index in [1.807, 2.05) is 26.2 Å². The third-order valence-corrected chi connectivity index (χ3v) is 6.39. The smallest absolute Gasteiger partial charge is 0.300 e. The second kappa shape index (κ2) is 9.61. The Bertz CT molecular complexity index is 1260. The zero-order valence-electron chi connectivity index (χ0n) is 19.1. The number of carbonyl (C=O) groups is 2. The molecule has 0 spiro atoms. The summed E-state index contributed by atoms with van der Waals surface area (Å²) in [5.74, 6) is -1.26. The lowest BCUT2D eigenvalue weighted by Gasteiger charge is -2.25. The number of amides is 1. The van der Waals surface area contributed by atoms with Crippen molar-refractivity contribution in [1.82, 2.24) is 0 Å². The topological polar surface area (TPSA) is 96.3 Å². The third kappa shape index (κ3) is 4.12. The fraction of sp³-hybridized carbons (Fsp3) is 0.231. The second-order valence-electron chi connectivity index (χ2n) is 7.70. The van der Waals surface area contributed by atoms with Crippen LogP contribution in [-0.2, 0) is 9.59 Å². The Balaban J connectivity index is 1.94. The Morgan fingerprint density at radius 1 is 1.06 bits per heavy atom. The molecule has 1 aliphatic rings. The number of phenols is 1. The number of aryl methyl sites for hydroxylation is 1. The largest absolute Gasteiger partial charge is 0.507 e. The molecule has 176 valence electrons. The fourth-order valence-electron chi connectivity index (χ4n) is 4.00. The summed E-state index contributed by atoms with van der Waals surface area (Å²) in [5, 5.41) is 23.8. The maximum atomic E-state index is 13.3. The number of Topliss-reactive ketones (excluding diaryl/α,β-unsaturated/α-hetero) is 1. The molecule has 1 unspecified atom stereocenters. The number of benzene rings is 2. The van der Waals surface area contributed by atoms with Gasteiger partial charge in [-0.25, -0.2) is 0 Å². The number of hydrogen-bond acceptors (Lipinski definition) is 7. The highest BCUT2D eigenvalue weighted by Crippen LogP contribution is 2.47. The van der Waals surface area contributed by atoms with Gasteiger partial charge in [0.2, 0.25) is 0 Å². The molecule has 0 radical (unpaired) electrons. The van der Waals surface area contributed by atoms with Crippen molar-refractivity contribution in [2.75, 3.05) is 18.1 Å². The maximum Gasteiger partial charge on any atom is 0.300 e. The van der Waals surface area contributed by atoms with Gasteiger partial charge in [-0.05, 0) is 62.0 Å². The number of thiophene rings is 1. The van der Waals surface area contributed by atoms with Gasteiger partial charge >= 0.3 is 0 Å². The molecule has 0 aliphatic carbocycles. The van der Waals surface area contributed by atoms with E-state index >= 15 is 0 Å². The number of carbonyl (C=O) groups excluding carboxylic acids is 2. The lowest BCUT2D eigenvalue weighted by atomic mass is 9.99. The van der Waals surface area contributed by atoms with Crippen LogP contribution in [0.25, 0.3) is 5.76 Å². The van der Waals surface area contributed by atoms with Crippen molar-refractivity contribution < 1.29 is 29.3 Å². The average molecular weight is 480 g/mol. The summed E-state index contributed by atoms with van der Waals surface area (Å²) in [4.78, 5) is 28.5. The summed E-state index contributed by atoms with van der Waals surface area (Å²) in [6.45, 7) is 6.28. The van der Waals surface area contributed by atoms with Crippen LogP contribution in [-0.4, -0.2) is 35.1 Å². The van der Waals surface area contributed by atoms with Gasteiger partial charge < -0.3 is 19.7 Å². The van der Waals surface area contributed by atoms with E-state index in [4.69, 9.17) is 9.47 Å². The van der Waals surface area contributed by atoms with Crippen molar-refractivity contribution in [3.05, 3.63) is 75.5 Å². The van der Waals surface area contributed by atoms with Crippen LogP contribution in [0.4, 0.5) is 5.69 Å². The number of hydrogen-bond donors (Lipinski definition) is 2. The lowest BCUT2D eigenvalue weighted by Crippen LogP contribution is -2.29. The van der Waals surface area contributed by atoms with Crippen molar-refractivity contribution in [3.8, 4) is 17.2 Å². The van der Waals surface area contributed by atoms with Gasteiger partial charge in [0.05, 0.1) is 30.0 Å². The summed E-state index contributed by atoms with van der Waals surface area (Å²) < 4.78 is 11.3. The Hall–Kier alpha value is -3.78. The minimum atomic E-state index is -0.909. The van der Waals surface area contributed by atoms with Gasteiger partial charge in [-0.1, -0.05) is 12.1 Å². The Labute approximate surface area is 201 Å². The highest BCUT2D eigenvalue weighted by Gasteiger charge is 2.48. The van der Waals surface area contributed by atoms with Crippen LogP contribution in [0.2, 0.25) is 0 Å². The summed E-state index contributed by atoms with van der Waals surface area (Å²) in [7, 11) is 0. The molecular formula is C26H25NO6S. The number of phenolic OH excluding ortho intramolecular Hbond substituents is 1. The molecule has 2 N–H and O–H groups in total. The first-order chi connectivity index (χ1) is 16.4. The second-order valence-corrected chi connectivity index (χ2v) is 8.68. The molecule has 1 fully saturated rings. The Morgan fingerprint density at radius 3 is 2.50 bits per heavy atom. The minimum Gasteiger partial charge on any atom is -0.507 e. The quantitative estimate of drug-likeness (QED) is 0.275. The first-order valence-electron chi connectivity index (χ1n) is 10.9. The predicted octanol–water partition coefficient (Wildman–Crippen LogP) is 5.19. The van der Waals surface area contributed by atoms with Gasteiger partial charge in [0.25, 0.3) is 11.7 Å². The molecule has 2 aromatic carbocycles. The molecular weight excluding hydrogens is 454 g/mol. The molecule has 34 heavy (non-hydrogen) atoms. The van der Waals surface area contributed by atoms with Crippen LogP contribution in [0.3, 0.4) is 0 Å². The highest BCUT2D eigenvalue weighted by atomic mass is 32.1. The number of rotatable bonds is 7. The van der Waals surface area contributed by atoms with Gasteiger partial charge in [-0.15, -0.1) is 11.3 Å². The number of ether oxygens (including phenoxy) is 2. The Kier molecular flexibility index (Phi) is 6.61. The summed E-state index contributed by atoms with van der Waals surface area (Å²) in [5.41, 5.74) is 1.22. The van der Waals surface area contributed by atoms with Crippen molar-refractivity contribution in [2.24, 2.45) is 0 Å². The molecule has 2 heterocycles. The molecule has 1 atom stereocenters. The molecule has 1 aromatic heterocycles. The van der Waals surface area contributed by atoms with Gasteiger partial charge in [0, 0.05) is 10.9 Å². The van der Waals surface area contributed by atoms with Gasteiger partial charge in [0.15, 0.2) is 0 Å². The number of nitrogens with zero attached hydrogens (tertiary/aromatic N) is 1. The van der Waals surface area contributed by atoms with Crippen molar-refractivity contribution in [1.29, 1.82) is 0 Å². The summed E-state index contributed by atoms with van der Waals surface area (Å²) >= 11 is 1.35. The molecule has 0 bridgehead atoms. The van der Waals surface area contributed by atoms with Crippen LogP contribution < -0.4 is 14.4 Å². The van der Waals surface area contributed by atoms with Gasteiger partial charge in [-0.2, -0.15) is 0 Å². The molecule has 0 saturated carbocycles. The van der Waals surface area contributed by atoms with Crippen LogP contribution in [0.15, 0.2) is 59.5 Å². The first kappa shape index (κ1) is 23.4. The van der Waals surface area contributed by atoms with Crippen LogP contribution in [0, 0.1) is 6.92 Å². The zero-order chi connectivity index (χ0) is 24.4. The minimum absolute atomic E-state index is 0.0709. The van der Waals surface area contributed by atoms with Gasteiger partial charge in [-0.3, -0.25) is 14.5 Å². The van der Waals surface area contributed by atoms with E-state index in [0.29, 0.717) is 29.6 Å². The van der Waals surface area contributed by atoms with E-state index in [2.05, 4.69) is 0 Å². The van der Waals surface area contributed by atoms with E-state index in [1.165, 1.54) is 22.3 Å². The molecule has 1 amide bonds. The monoisotopic (exact) mass is 479 g/mol. The predicted molar refractivity (Wildman–Crippen MR) is 131 cm³/mol. The molecule has 4 rings (SSSR count). The van der Waals surface area contributed by atoms with E-state index < -0.39 is 17.7 Å². The SMILES string of the molecule is CCOc1ccc(/C(O)=C2/C(=O)C(=O)N(c3cc(C)ccc3O)C2c2cccs2)c(OCC)c1. The number of aliphatic hydroxyl groups excluding tert-OH is 1. The van der Waals surface area contributed by atoms with Gasteiger partial charge in [0.1, 0.15) is 29.0 Å². The number of ketones is 1. The molecule has 3 aromatic rings. The van der Waals surface area contributed by atoms with E-state index in [0.717, 1.165) is 5.56 Å². The van der Waals surface area contributed by atoms with E-state index in [9.17, 15) is 19.8 Å². The third-order valence-electron chi connectivity index (χ3n) is 5.47. The molecule has 1 aliphatic heterocycles. The van der Waals surface area contributed by atoms with Crippen molar-refractivity contribution >= 4 is 34.5 Å². The molecule has 1 saturated heterocycles. The Morgan fingerprint density at radius 2 is 1.82 bits per heavy atom. The van der Waals surface area contributed by atoms with Crippen molar-refractivity contribution in [2.45, 2.75) is 26.8 Å². The van der Waals surface area contributed by atoms with Crippen molar-refractivity contribution in [3.63, 3.8) is 0 Å². The number of aromatic hydroxyl groups is 1. The first-order valence-corrected chi connectivity index (χ1v) is 11.8. The molecule has 7 nitrogen and oxygen atoms in total. The fourth-order valence-corrected chi connectivity index (χ4v) is 4.82. The van der Waals surface area contributed by atoms with E-state index in [1.54, 1.807) is 42.5 Å². The zero-order valence-corrected chi connectivity index (χ0v) is 19.9. The molecule has 8 heteroatoms. The number of anilines is 1. The van der Waals surface area contributed by atoms with E-state index in [-0.39, 0.29) is 28.3 Å². The summed E-state index contributed by atoms with van der Waals surface area (Å²) in [6.07, 6.45) is 0. The normalized spacial score (nSPS) is 17.3. The number of aliphatic hydroxyl groups is 1. The highest BCUT2D eigenvalue weighted by molar-refractivity contribution is 7.10. The van der Waals surface area contributed by atoms with Crippen LogP contribution in [0.5, 0.6) is 17.2 Å². The van der Waals surface area contributed by atoms with Crippen LogP contribution >= 0.6 is 11.3 Å². The lowest BCUT2D eigenvalue weighted by molar-refractivity contribution is -0.132. The van der Waals surface area contributed by atoms with Crippen LogP contribution in [0.1, 0.15) is 35.9 Å². The average Bonchev–Trinajstić information content (AvgIpc) is 3.43. The standard InChI is InChI=1S/C26H25NO6S/c1-4-32-16-9-10-17(20(14-16)33-5-2)24(29)22-23(21-7-6-12-34-21)27(26(31)25(22)30)18-13-15(3)8-11-19(18)28/h6-14,23,28-29H,4-5H2,1-3H3/b24-22-. The summed E-state index contributed by atoms with van der Waals surface area (Å²) in [6, 6.07) is 12.4. The maximum absolute atomic E-state index is 13.3.